The molecule has 1 heterocycles. The van der Waals surface area contributed by atoms with Crippen LogP contribution in [0.1, 0.15) is 29.3 Å². The highest BCUT2D eigenvalue weighted by Crippen LogP contribution is 2.22. The second-order valence-corrected chi connectivity index (χ2v) is 8.95. The maximum absolute atomic E-state index is 12.8. The van der Waals surface area contributed by atoms with Gasteiger partial charge in [-0.15, -0.1) is 0 Å². The molecule has 0 spiro atoms. The second kappa shape index (κ2) is 8.25. The lowest BCUT2D eigenvalue weighted by Gasteiger charge is -2.21. The van der Waals surface area contributed by atoms with Gasteiger partial charge in [0.2, 0.25) is 10.0 Å². The molecule has 2 aromatic rings. The molecule has 4 amide bonds. The van der Waals surface area contributed by atoms with Gasteiger partial charge >= 0.3 is 6.03 Å². The van der Waals surface area contributed by atoms with E-state index in [0.717, 1.165) is 11.6 Å². The number of aryl methyl sites for hydroxylation is 1. The summed E-state index contributed by atoms with van der Waals surface area (Å²) in [5, 5.41) is 3.25. The van der Waals surface area contributed by atoms with Gasteiger partial charge in [0.15, 0.2) is 0 Å². The number of nitrogens with one attached hydrogen (secondary N) is 3. The molecule has 1 aliphatic rings. The van der Waals surface area contributed by atoms with Gasteiger partial charge in [-0.05, 0) is 50.6 Å². The van der Waals surface area contributed by atoms with E-state index in [0.29, 0.717) is 17.9 Å². The maximum atomic E-state index is 12.8. The first kappa shape index (κ1) is 21.5. The number of hydrogen-bond donors (Lipinski definition) is 3. The zero-order valence-electron chi connectivity index (χ0n) is 16.5. The molecule has 0 aromatic heterocycles. The maximum Gasteiger partial charge on any atom is 0.344 e. The molecule has 1 saturated heterocycles. The molecule has 1 aliphatic heterocycles. The van der Waals surface area contributed by atoms with E-state index >= 15 is 0 Å². The normalized spacial score (nSPS) is 18.9. The molecular weight excluding hydrogens is 408 g/mol. The summed E-state index contributed by atoms with van der Waals surface area (Å²) in [7, 11) is -2.49. The van der Waals surface area contributed by atoms with Crippen LogP contribution in [0.3, 0.4) is 0 Å². The molecular formula is C20H22N4O5S. The van der Waals surface area contributed by atoms with E-state index in [9.17, 15) is 22.8 Å². The van der Waals surface area contributed by atoms with Crippen molar-refractivity contribution in [3.8, 4) is 0 Å². The quantitative estimate of drug-likeness (QED) is 0.569. The Morgan fingerprint density at radius 3 is 2.47 bits per heavy atom. The van der Waals surface area contributed by atoms with Crippen molar-refractivity contribution < 1.29 is 22.8 Å². The Hall–Kier alpha value is -3.24. The van der Waals surface area contributed by atoms with E-state index in [1.807, 2.05) is 30.3 Å². The van der Waals surface area contributed by atoms with E-state index in [2.05, 4.69) is 15.5 Å². The molecule has 0 radical (unpaired) electrons. The third kappa shape index (κ3) is 4.34. The van der Waals surface area contributed by atoms with Crippen LogP contribution in [0.15, 0.2) is 59.5 Å². The van der Waals surface area contributed by atoms with Crippen molar-refractivity contribution in [3.05, 3.63) is 65.7 Å². The predicted octanol–water partition coefficient (Wildman–Crippen LogP) is 1.18. The zero-order chi connectivity index (χ0) is 21.9. The molecule has 0 saturated carbocycles. The lowest BCUT2D eigenvalue weighted by atomic mass is 9.93. The lowest BCUT2D eigenvalue weighted by Crippen LogP contribution is -2.49. The number of benzene rings is 2. The second-order valence-electron chi connectivity index (χ2n) is 7.06. The molecule has 3 N–H and O–H groups in total. The Balaban J connectivity index is 1.72. The first-order chi connectivity index (χ1) is 14.2. The van der Waals surface area contributed by atoms with Gasteiger partial charge in [-0.2, -0.15) is 5.01 Å². The van der Waals surface area contributed by atoms with Crippen LogP contribution in [0.5, 0.6) is 0 Å². The fraction of sp³-hybridized carbons (Fsp3) is 0.250. The fourth-order valence-corrected chi connectivity index (χ4v) is 3.86. The average Bonchev–Trinajstić information content (AvgIpc) is 2.96. The van der Waals surface area contributed by atoms with E-state index in [4.69, 9.17) is 0 Å². The van der Waals surface area contributed by atoms with Crippen molar-refractivity contribution in [2.75, 3.05) is 7.05 Å². The monoisotopic (exact) mass is 430 g/mol. The molecule has 1 fully saturated rings. The highest BCUT2D eigenvalue weighted by atomic mass is 32.2. The molecule has 158 valence electrons. The van der Waals surface area contributed by atoms with Gasteiger partial charge in [0.05, 0.1) is 4.90 Å². The summed E-state index contributed by atoms with van der Waals surface area (Å²) >= 11 is 0. The van der Waals surface area contributed by atoms with Crippen LogP contribution in [-0.4, -0.2) is 43.9 Å². The number of urea groups is 1. The van der Waals surface area contributed by atoms with Crippen LogP contribution < -0.4 is 15.5 Å². The van der Waals surface area contributed by atoms with Crippen molar-refractivity contribution in [3.63, 3.8) is 0 Å². The van der Waals surface area contributed by atoms with Crippen LogP contribution in [0.25, 0.3) is 0 Å². The van der Waals surface area contributed by atoms with Gasteiger partial charge < -0.3 is 5.32 Å². The van der Waals surface area contributed by atoms with E-state index in [-0.39, 0.29) is 10.5 Å². The van der Waals surface area contributed by atoms with Crippen molar-refractivity contribution in [1.82, 2.24) is 20.5 Å². The molecule has 0 bridgehead atoms. The Labute approximate surface area is 174 Å². The van der Waals surface area contributed by atoms with Crippen LogP contribution in [0.4, 0.5) is 4.79 Å². The summed E-state index contributed by atoms with van der Waals surface area (Å²) in [5.41, 5.74) is 2.10. The third-order valence-corrected chi connectivity index (χ3v) is 6.32. The van der Waals surface area contributed by atoms with Crippen LogP contribution in [-0.2, 0) is 21.2 Å². The minimum absolute atomic E-state index is 0.00943. The number of carbonyl (C=O) groups is 3. The summed E-state index contributed by atoms with van der Waals surface area (Å²) in [4.78, 5) is 37.6. The van der Waals surface area contributed by atoms with Gasteiger partial charge in [-0.25, -0.2) is 17.9 Å². The minimum atomic E-state index is -3.75. The highest BCUT2D eigenvalue weighted by Gasteiger charge is 2.48. The molecule has 10 heteroatoms. The summed E-state index contributed by atoms with van der Waals surface area (Å²) in [6.45, 7) is 1.60. The Bertz CT molecular complexity index is 1090. The Kier molecular flexibility index (Phi) is 5.90. The summed E-state index contributed by atoms with van der Waals surface area (Å²) in [5.74, 6) is -1.37. The first-order valence-electron chi connectivity index (χ1n) is 9.21. The lowest BCUT2D eigenvalue weighted by molar-refractivity contribution is -0.132. The van der Waals surface area contributed by atoms with Crippen LogP contribution >= 0.6 is 0 Å². The van der Waals surface area contributed by atoms with Crippen molar-refractivity contribution in [2.45, 2.75) is 30.2 Å². The van der Waals surface area contributed by atoms with E-state index < -0.39 is 33.4 Å². The molecule has 9 nitrogen and oxygen atoms in total. The fourth-order valence-electron chi connectivity index (χ4n) is 3.08. The number of hydrogen-bond acceptors (Lipinski definition) is 5. The van der Waals surface area contributed by atoms with Crippen LogP contribution in [0, 0.1) is 0 Å². The van der Waals surface area contributed by atoms with Crippen molar-refractivity contribution >= 4 is 27.9 Å². The molecule has 30 heavy (non-hydrogen) atoms. The highest BCUT2D eigenvalue weighted by molar-refractivity contribution is 7.89. The van der Waals surface area contributed by atoms with Crippen molar-refractivity contribution in [2.24, 2.45) is 0 Å². The summed E-state index contributed by atoms with van der Waals surface area (Å²) in [6.07, 6.45) is 0.916. The number of hydrazine groups is 1. The number of amides is 4. The molecule has 0 unspecified atom stereocenters. The Morgan fingerprint density at radius 2 is 1.80 bits per heavy atom. The molecule has 0 aliphatic carbocycles. The first-order valence-corrected chi connectivity index (χ1v) is 10.7. The minimum Gasteiger partial charge on any atom is -0.322 e. The topological polar surface area (TPSA) is 125 Å². The zero-order valence-corrected chi connectivity index (χ0v) is 17.3. The third-order valence-electron chi connectivity index (χ3n) is 4.91. The standard InChI is InChI=1S/C20H22N4O5S/c1-20(12-11-14-7-4-3-5-8-14)18(26)24(19(27)22-20)23-17(25)15-9-6-10-16(13-15)30(28,29)21-2/h3-10,13,21H,11-12H2,1-2H3,(H,22,27)(H,23,25)/t20-/m0/s1. The van der Waals surface area contributed by atoms with Gasteiger partial charge in [0, 0.05) is 5.56 Å². The van der Waals surface area contributed by atoms with Crippen molar-refractivity contribution in [1.29, 1.82) is 0 Å². The van der Waals surface area contributed by atoms with E-state index in [1.54, 1.807) is 6.92 Å². The number of imide groups is 1. The molecule has 2 aromatic carbocycles. The SMILES string of the molecule is CNS(=O)(=O)c1cccc(C(=O)NN2C(=O)N[C@@](C)(CCc3ccccc3)C2=O)c1. The number of sulfonamides is 1. The predicted molar refractivity (Wildman–Crippen MR) is 109 cm³/mol. The Morgan fingerprint density at radius 1 is 1.10 bits per heavy atom. The summed E-state index contributed by atoms with van der Waals surface area (Å²) < 4.78 is 26.0. The van der Waals surface area contributed by atoms with Gasteiger partial charge in [0.25, 0.3) is 11.8 Å². The molecule has 1 atom stereocenters. The number of nitrogens with zero attached hydrogens (tertiary/aromatic N) is 1. The average molecular weight is 430 g/mol. The van der Waals surface area contributed by atoms with E-state index in [1.165, 1.54) is 25.2 Å². The molecule has 3 rings (SSSR count). The smallest absolute Gasteiger partial charge is 0.322 e. The van der Waals surface area contributed by atoms with Crippen LogP contribution in [0.2, 0.25) is 0 Å². The van der Waals surface area contributed by atoms with Gasteiger partial charge in [-0.1, -0.05) is 36.4 Å². The largest absolute Gasteiger partial charge is 0.344 e. The number of rotatable bonds is 7. The summed E-state index contributed by atoms with van der Waals surface area (Å²) in [6, 6.07) is 14.1. The van der Waals surface area contributed by atoms with Gasteiger partial charge in [0.1, 0.15) is 5.54 Å². The van der Waals surface area contributed by atoms with Gasteiger partial charge in [-0.3, -0.25) is 15.0 Å². The number of carbonyl (C=O) groups excluding carboxylic acids is 3.